The number of nitrogens with zero attached hydrogens (tertiary/aromatic N) is 1. The molecule has 218 valence electrons. The Balaban J connectivity index is 5.28. The summed E-state index contributed by atoms with van der Waals surface area (Å²) in [5.41, 5.74) is 26.9. The highest BCUT2D eigenvalue weighted by Gasteiger charge is 2.27. The predicted molar refractivity (Wildman–Crippen MR) is 141 cm³/mol. The van der Waals surface area contributed by atoms with Crippen molar-refractivity contribution in [1.29, 1.82) is 0 Å². The van der Waals surface area contributed by atoms with Crippen molar-refractivity contribution in [2.75, 3.05) is 32.7 Å². The van der Waals surface area contributed by atoms with Crippen molar-refractivity contribution in [3.63, 3.8) is 0 Å². The number of nitrogens with one attached hydrogen (secondary N) is 4. The number of aliphatic imine (C=N–C) groups is 1. The second-order valence-corrected chi connectivity index (χ2v) is 8.58. The van der Waals surface area contributed by atoms with Gasteiger partial charge in [-0.05, 0) is 64.5 Å². The van der Waals surface area contributed by atoms with Gasteiger partial charge in [-0.3, -0.25) is 24.2 Å². The van der Waals surface area contributed by atoms with E-state index in [9.17, 15) is 29.1 Å². The molecule has 15 N–H and O–H groups in total. The summed E-state index contributed by atoms with van der Waals surface area (Å²) in [7, 11) is 0. The summed E-state index contributed by atoms with van der Waals surface area (Å²) in [6.45, 7) is 0.171. The number of hydrogen-bond acceptors (Lipinski definition) is 9. The van der Waals surface area contributed by atoms with Crippen LogP contribution in [0.2, 0.25) is 0 Å². The fraction of sp³-hybridized carbons (Fsp3) is 0.727. The van der Waals surface area contributed by atoms with Crippen LogP contribution in [0.3, 0.4) is 0 Å². The van der Waals surface area contributed by atoms with Crippen molar-refractivity contribution in [3.8, 4) is 0 Å². The molecule has 16 nitrogen and oxygen atoms in total. The van der Waals surface area contributed by atoms with E-state index in [0.29, 0.717) is 45.2 Å². The molecule has 0 rings (SSSR count). The number of unbranched alkanes of at least 4 members (excludes halogenated alkanes) is 2. The Morgan fingerprint density at radius 1 is 0.684 bits per heavy atom. The molecule has 0 aromatic heterocycles. The molecule has 0 spiro atoms. The third-order valence-electron chi connectivity index (χ3n) is 5.37. The van der Waals surface area contributed by atoms with Crippen molar-refractivity contribution >= 4 is 35.6 Å². The molecule has 3 atom stereocenters. The van der Waals surface area contributed by atoms with E-state index in [1.807, 2.05) is 0 Å². The second-order valence-electron chi connectivity index (χ2n) is 8.58. The van der Waals surface area contributed by atoms with Gasteiger partial charge in [0.05, 0.1) is 13.1 Å². The van der Waals surface area contributed by atoms with E-state index < -0.39 is 54.3 Å². The van der Waals surface area contributed by atoms with Gasteiger partial charge in [0.15, 0.2) is 5.96 Å². The number of carboxylic acid groups (broad SMARTS) is 1. The van der Waals surface area contributed by atoms with Crippen LogP contribution in [0, 0.1) is 0 Å². The van der Waals surface area contributed by atoms with Gasteiger partial charge in [-0.2, -0.15) is 0 Å². The standard InChI is InChI=1S/C22H44N10O6/c23-9-3-1-6-15(30-17(33)12-25)20(36)32-14(8-5-11-28-22(26)27)19(35)29-13-18(34)31-16(21(37)38)7-2-4-10-24/h14-16H,1-13,23-25H2,(H,29,35)(H,30,33)(H,31,34)(H,32,36)(H,37,38)(H4,26,27,28)/t14-,15-,16-/m0/s1. The lowest BCUT2D eigenvalue weighted by Crippen LogP contribution is -2.55. The van der Waals surface area contributed by atoms with Crippen molar-refractivity contribution in [3.05, 3.63) is 0 Å². The molecule has 4 amide bonds. The van der Waals surface area contributed by atoms with Crippen LogP contribution >= 0.6 is 0 Å². The van der Waals surface area contributed by atoms with E-state index in [1.165, 1.54) is 0 Å². The first-order valence-electron chi connectivity index (χ1n) is 12.6. The van der Waals surface area contributed by atoms with Gasteiger partial charge in [-0.25, -0.2) is 4.79 Å². The maximum Gasteiger partial charge on any atom is 0.326 e. The van der Waals surface area contributed by atoms with E-state index in [-0.39, 0.29) is 38.3 Å². The Bertz CT molecular complexity index is 791. The van der Waals surface area contributed by atoms with Gasteiger partial charge in [0.1, 0.15) is 18.1 Å². The zero-order valence-corrected chi connectivity index (χ0v) is 21.7. The molecule has 0 unspecified atom stereocenters. The predicted octanol–water partition coefficient (Wildman–Crippen LogP) is -4.09. The molecule has 16 heteroatoms. The van der Waals surface area contributed by atoms with Crippen LogP contribution in [0.15, 0.2) is 4.99 Å². The van der Waals surface area contributed by atoms with Crippen molar-refractivity contribution < 1.29 is 29.1 Å². The van der Waals surface area contributed by atoms with Crippen LogP contribution < -0.4 is 49.9 Å². The normalized spacial score (nSPS) is 12.9. The van der Waals surface area contributed by atoms with Crippen LogP contribution in [-0.4, -0.2) is 91.5 Å². The summed E-state index contributed by atoms with van der Waals surface area (Å²) in [5.74, 6) is -3.87. The molecule has 0 saturated heterocycles. The van der Waals surface area contributed by atoms with E-state index in [4.69, 9.17) is 28.7 Å². The van der Waals surface area contributed by atoms with Gasteiger partial charge < -0.3 is 55.0 Å². The van der Waals surface area contributed by atoms with Gasteiger partial charge in [0, 0.05) is 6.54 Å². The average molecular weight is 545 g/mol. The number of carboxylic acids is 1. The molecule has 38 heavy (non-hydrogen) atoms. The number of amides is 4. The Kier molecular flexibility index (Phi) is 18.7. The summed E-state index contributed by atoms with van der Waals surface area (Å²) < 4.78 is 0. The summed E-state index contributed by atoms with van der Waals surface area (Å²) in [5, 5.41) is 19.2. The smallest absolute Gasteiger partial charge is 0.326 e. The maximum absolute atomic E-state index is 12.9. The fourth-order valence-corrected chi connectivity index (χ4v) is 3.35. The minimum absolute atomic E-state index is 0.118. The molecule has 0 aliphatic carbocycles. The van der Waals surface area contributed by atoms with Crippen LogP contribution in [0.1, 0.15) is 51.4 Å². The van der Waals surface area contributed by atoms with Crippen LogP contribution in [0.25, 0.3) is 0 Å². The molecule has 0 aromatic carbocycles. The van der Waals surface area contributed by atoms with Crippen LogP contribution in [-0.2, 0) is 24.0 Å². The van der Waals surface area contributed by atoms with Gasteiger partial charge in [-0.15, -0.1) is 0 Å². The third kappa shape index (κ3) is 16.3. The molecule has 0 radical (unpaired) electrons. The topological polar surface area (TPSA) is 296 Å². The monoisotopic (exact) mass is 544 g/mol. The molecule has 0 saturated carbocycles. The third-order valence-corrected chi connectivity index (χ3v) is 5.37. The number of carbonyl (C=O) groups excluding carboxylic acids is 4. The number of guanidine groups is 1. The Labute approximate surface area is 222 Å². The summed E-state index contributed by atoms with van der Waals surface area (Å²) in [6, 6.07) is -3.16. The quantitative estimate of drug-likeness (QED) is 0.0376. The highest BCUT2D eigenvalue weighted by atomic mass is 16.4. The van der Waals surface area contributed by atoms with Gasteiger partial charge >= 0.3 is 5.97 Å². The first kappa shape index (κ1) is 34.5. The van der Waals surface area contributed by atoms with Gasteiger partial charge in [0.2, 0.25) is 23.6 Å². The largest absolute Gasteiger partial charge is 0.480 e. The van der Waals surface area contributed by atoms with E-state index in [1.54, 1.807) is 0 Å². The minimum atomic E-state index is -1.20. The Morgan fingerprint density at radius 3 is 1.74 bits per heavy atom. The highest BCUT2D eigenvalue weighted by Crippen LogP contribution is 2.05. The Morgan fingerprint density at radius 2 is 1.21 bits per heavy atom. The van der Waals surface area contributed by atoms with Crippen LogP contribution in [0.4, 0.5) is 0 Å². The lowest BCUT2D eigenvalue weighted by atomic mass is 10.1. The SMILES string of the molecule is NCCCC[C@H](NC(=O)CNC(=O)[C@H](CCCN=C(N)N)NC(=O)[C@H](CCCCN)NC(=O)CN)C(=O)O. The van der Waals surface area contributed by atoms with Crippen molar-refractivity contribution in [1.82, 2.24) is 21.3 Å². The summed E-state index contributed by atoms with van der Waals surface area (Å²) in [6.07, 6.45) is 3.20. The first-order chi connectivity index (χ1) is 18.0. The molecule has 0 aliphatic heterocycles. The molecular formula is C22H44N10O6. The van der Waals surface area contributed by atoms with Crippen molar-refractivity contribution in [2.45, 2.75) is 69.5 Å². The number of rotatable bonds is 21. The molecule has 0 heterocycles. The molecular weight excluding hydrogens is 500 g/mol. The van der Waals surface area contributed by atoms with Gasteiger partial charge in [0.25, 0.3) is 0 Å². The maximum atomic E-state index is 12.9. The average Bonchev–Trinajstić information content (AvgIpc) is 2.87. The van der Waals surface area contributed by atoms with E-state index >= 15 is 0 Å². The first-order valence-corrected chi connectivity index (χ1v) is 12.6. The summed E-state index contributed by atoms with van der Waals surface area (Å²) >= 11 is 0. The number of carbonyl (C=O) groups is 5. The molecule has 0 aromatic rings. The molecule has 0 aliphatic rings. The zero-order valence-electron chi connectivity index (χ0n) is 21.7. The highest BCUT2D eigenvalue weighted by molar-refractivity contribution is 5.94. The molecule has 0 fully saturated rings. The lowest BCUT2D eigenvalue weighted by molar-refractivity contribution is -0.142. The number of hydrogen-bond donors (Lipinski definition) is 10. The summed E-state index contributed by atoms with van der Waals surface area (Å²) in [4.78, 5) is 65.1. The zero-order chi connectivity index (χ0) is 28.9. The van der Waals surface area contributed by atoms with Crippen molar-refractivity contribution in [2.24, 2.45) is 33.7 Å². The Hall–Kier alpha value is -3.50. The van der Waals surface area contributed by atoms with E-state index in [0.717, 1.165) is 0 Å². The fourth-order valence-electron chi connectivity index (χ4n) is 3.35. The van der Waals surface area contributed by atoms with E-state index in [2.05, 4.69) is 26.3 Å². The van der Waals surface area contributed by atoms with Gasteiger partial charge in [-0.1, -0.05) is 0 Å². The number of aliphatic carboxylic acids is 1. The number of nitrogens with two attached hydrogens (primary N) is 5. The lowest BCUT2D eigenvalue weighted by Gasteiger charge is -2.23. The molecule has 0 bridgehead atoms. The second kappa shape index (κ2) is 20.5. The minimum Gasteiger partial charge on any atom is -0.480 e. The van der Waals surface area contributed by atoms with Crippen LogP contribution in [0.5, 0.6) is 0 Å².